The van der Waals surface area contributed by atoms with Crippen LogP contribution in [0.3, 0.4) is 0 Å². The van der Waals surface area contributed by atoms with Crippen molar-refractivity contribution in [1.82, 2.24) is 9.55 Å². The van der Waals surface area contributed by atoms with Gasteiger partial charge in [0.2, 0.25) is 0 Å². The maximum atomic E-state index is 12.2. The predicted molar refractivity (Wildman–Crippen MR) is 72.9 cm³/mol. The molecule has 5 nitrogen and oxygen atoms in total. The van der Waals surface area contributed by atoms with Gasteiger partial charge in [-0.25, -0.2) is 4.98 Å². The second-order valence-electron chi connectivity index (χ2n) is 5.80. The highest BCUT2D eigenvalue weighted by Gasteiger charge is 2.43. The van der Waals surface area contributed by atoms with Crippen molar-refractivity contribution in [2.75, 3.05) is 18.0 Å². The van der Waals surface area contributed by atoms with Gasteiger partial charge >= 0.3 is 0 Å². The number of hydrogen-bond donors (Lipinski definition) is 1. The molecular formula is C13H22N4O. The highest BCUT2D eigenvalue weighted by Crippen LogP contribution is 2.28. The van der Waals surface area contributed by atoms with E-state index in [0.29, 0.717) is 24.8 Å². The Morgan fingerprint density at radius 2 is 1.94 bits per heavy atom. The molecule has 100 valence electrons. The molecule has 0 amide bonds. The molecule has 0 spiro atoms. The Morgan fingerprint density at radius 1 is 1.33 bits per heavy atom. The SMILES string of the molecule is CC(C)n1ccnc(N2CC(N)(C(C)C)C2)c1=O. The Kier molecular flexibility index (Phi) is 3.19. The predicted octanol–water partition coefficient (Wildman–Crippen LogP) is 0.998. The monoisotopic (exact) mass is 250 g/mol. The molecule has 0 atom stereocenters. The number of nitrogens with two attached hydrogens (primary N) is 1. The van der Waals surface area contributed by atoms with Crippen molar-refractivity contribution in [2.45, 2.75) is 39.3 Å². The Hall–Kier alpha value is -1.36. The quantitative estimate of drug-likeness (QED) is 0.869. The summed E-state index contributed by atoms with van der Waals surface area (Å²) in [7, 11) is 0. The average Bonchev–Trinajstić information content (AvgIpc) is 2.24. The zero-order chi connectivity index (χ0) is 13.5. The van der Waals surface area contributed by atoms with E-state index in [2.05, 4.69) is 18.8 Å². The summed E-state index contributed by atoms with van der Waals surface area (Å²) in [6, 6.07) is 0.147. The van der Waals surface area contributed by atoms with Crippen LogP contribution in [0.5, 0.6) is 0 Å². The van der Waals surface area contributed by atoms with Crippen molar-refractivity contribution < 1.29 is 0 Å². The van der Waals surface area contributed by atoms with E-state index in [1.165, 1.54) is 0 Å². The molecule has 1 aliphatic rings. The minimum Gasteiger partial charge on any atom is -0.348 e. The van der Waals surface area contributed by atoms with Crippen LogP contribution < -0.4 is 16.2 Å². The average molecular weight is 250 g/mol. The zero-order valence-electron chi connectivity index (χ0n) is 11.6. The van der Waals surface area contributed by atoms with Crippen molar-refractivity contribution in [2.24, 2.45) is 11.7 Å². The molecule has 0 aromatic carbocycles. The lowest BCUT2D eigenvalue weighted by molar-refractivity contribution is 0.242. The third-order valence-corrected chi connectivity index (χ3v) is 3.83. The number of anilines is 1. The number of aromatic nitrogens is 2. The van der Waals surface area contributed by atoms with Crippen LogP contribution in [0.4, 0.5) is 5.82 Å². The standard InChI is InChI=1S/C13H22N4O/c1-9(2)13(14)7-16(8-13)11-12(18)17(10(3)4)6-5-15-11/h5-6,9-10H,7-8,14H2,1-4H3. The van der Waals surface area contributed by atoms with E-state index in [1.54, 1.807) is 17.0 Å². The van der Waals surface area contributed by atoms with Crippen LogP contribution >= 0.6 is 0 Å². The number of nitrogens with zero attached hydrogens (tertiary/aromatic N) is 3. The molecule has 0 unspecified atom stereocenters. The van der Waals surface area contributed by atoms with Gasteiger partial charge in [-0.2, -0.15) is 0 Å². The van der Waals surface area contributed by atoms with Gasteiger partial charge in [0.05, 0.1) is 5.54 Å². The van der Waals surface area contributed by atoms with Gasteiger partial charge in [0, 0.05) is 31.5 Å². The highest BCUT2D eigenvalue weighted by molar-refractivity contribution is 5.43. The third kappa shape index (κ3) is 2.03. The van der Waals surface area contributed by atoms with Crippen LogP contribution in [-0.4, -0.2) is 28.2 Å². The summed E-state index contributed by atoms with van der Waals surface area (Å²) in [4.78, 5) is 18.4. The topological polar surface area (TPSA) is 64.2 Å². The van der Waals surface area contributed by atoms with Crippen molar-refractivity contribution in [3.05, 3.63) is 22.7 Å². The molecule has 18 heavy (non-hydrogen) atoms. The molecule has 0 saturated carbocycles. The van der Waals surface area contributed by atoms with Gasteiger partial charge in [-0.1, -0.05) is 13.8 Å². The summed E-state index contributed by atoms with van der Waals surface area (Å²) in [5.74, 6) is 0.928. The summed E-state index contributed by atoms with van der Waals surface area (Å²) >= 11 is 0. The van der Waals surface area contributed by atoms with Crippen LogP contribution in [-0.2, 0) is 0 Å². The van der Waals surface area contributed by atoms with Gasteiger partial charge in [-0.15, -0.1) is 0 Å². The molecule has 2 rings (SSSR count). The molecule has 0 radical (unpaired) electrons. The second kappa shape index (κ2) is 4.39. The van der Waals surface area contributed by atoms with E-state index in [0.717, 1.165) is 0 Å². The molecule has 2 N–H and O–H groups in total. The first-order valence-corrected chi connectivity index (χ1v) is 6.46. The smallest absolute Gasteiger partial charge is 0.293 e. The molecule has 1 saturated heterocycles. The first-order valence-electron chi connectivity index (χ1n) is 6.46. The van der Waals surface area contributed by atoms with E-state index < -0.39 is 0 Å². The molecule has 1 aliphatic heterocycles. The maximum absolute atomic E-state index is 12.2. The lowest BCUT2D eigenvalue weighted by atomic mass is 9.80. The van der Waals surface area contributed by atoms with Crippen LogP contribution in [0.15, 0.2) is 17.2 Å². The van der Waals surface area contributed by atoms with Gasteiger partial charge in [0.1, 0.15) is 0 Å². The summed E-state index contributed by atoms with van der Waals surface area (Å²) in [6.07, 6.45) is 3.41. The Balaban J connectivity index is 2.23. The maximum Gasteiger partial charge on any atom is 0.293 e. The Labute approximate surface area is 108 Å². The van der Waals surface area contributed by atoms with Crippen molar-refractivity contribution in [1.29, 1.82) is 0 Å². The van der Waals surface area contributed by atoms with Crippen molar-refractivity contribution in [3.8, 4) is 0 Å². The summed E-state index contributed by atoms with van der Waals surface area (Å²) in [5.41, 5.74) is 6.03. The van der Waals surface area contributed by atoms with Gasteiger partial charge in [0.15, 0.2) is 5.82 Å². The third-order valence-electron chi connectivity index (χ3n) is 3.83. The Morgan fingerprint density at radius 3 is 2.44 bits per heavy atom. The fourth-order valence-electron chi connectivity index (χ4n) is 2.22. The molecule has 1 aromatic rings. The molecule has 5 heteroatoms. The number of rotatable bonds is 3. The first-order chi connectivity index (χ1) is 8.35. The van der Waals surface area contributed by atoms with Gasteiger partial charge < -0.3 is 15.2 Å². The summed E-state index contributed by atoms with van der Waals surface area (Å²) in [5, 5.41) is 0. The summed E-state index contributed by atoms with van der Waals surface area (Å²) < 4.78 is 1.70. The molecule has 1 fully saturated rings. The molecule has 0 aliphatic carbocycles. The lowest BCUT2D eigenvalue weighted by Gasteiger charge is -2.50. The fourth-order valence-corrected chi connectivity index (χ4v) is 2.22. The minimum atomic E-state index is -0.188. The normalized spacial score (nSPS) is 18.3. The largest absolute Gasteiger partial charge is 0.348 e. The minimum absolute atomic E-state index is 0.0293. The second-order valence-corrected chi connectivity index (χ2v) is 5.80. The van der Waals surface area contributed by atoms with E-state index in [9.17, 15) is 4.79 Å². The molecule has 2 heterocycles. The molecular weight excluding hydrogens is 228 g/mol. The number of hydrogen-bond acceptors (Lipinski definition) is 4. The van der Waals surface area contributed by atoms with E-state index in [-0.39, 0.29) is 17.1 Å². The first kappa shape index (κ1) is 13.1. The van der Waals surface area contributed by atoms with Crippen molar-refractivity contribution >= 4 is 5.82 Å². The van der Waals surface area contributed by atoms with E-state index in [1.807, 2.05) is 18.7 Å². The van der Waals surface area contributed by atoms with Crippen LogP contribution in [0.2, 0.25) is 0 Å². The fraction of sp³-hybridized carbons (Fsp3) is 0.692. The molecule has 0 bridgehead atoms. The highest BCUT2D eigenvalue weighted by atomic mass is 16.1. The van der Waals surface area contributed by atoms with E-state index in [4.69, 9.17) is 5.73 Å². The van der Waals surface area contributed by atoms with Crippen LogP contribution in [0.1, 0.15) is 33.7 Å². The summed E-state index contributed by atoms with van der Waals surface area (Å²) in [6.45, 7) is 9.61. The van der Waals surface area contributed by atoms with Crippen molar-refractivity contribution in [3.63, 3.8) is 0 Å². The zero-order valence-corrected chi connectivity index (χ0v) is 11.6. The van der Waals surface area contributed by atoms with Crippen LogP contribution in [0, 0.1) is 5.92 Å². The molecule has 1 aromatic heterocycles. The Bertz CT molecular complexity index is 486. The lowest BCUT2D eigenvalue weighted by Crippen LogP contribution is -2.71. The van der Waals surface area contributed by atoms with E-state index >= 15 is 0 Å². The van der Waals surface area contributed by atoms with Gasteiger partial charge in [-0.05, 0) is 19.8 Å². The van der Waals surface area contributed by atoms with Crippen LogP contribution in [0.25, 0.3) is 0 Å². The van der Waals surface area contributed by atoms with Gasteiger partial charge in [-0.3, -0.25) is 4.79 Å². The van der Waals surface area contributed by atoms with Gasteiger partial charge in [0.25, 0.3) is 5.56 Å².